The Bertz CT molecular complexity index is 694. The van der Waals surface area contributed by atoms with Crippen LogP contribution in [0.3, 0.4) is 0 Å². The van der Waals surface area contributed by atoms with E-state index in [0.717, 1.165) is 48.5 Å². The third-order valence-electron chi connectivity index (χ3n) is 4.12. The third-order valence-corrected chi connectivity index (χ3v) is 5.10. The van der Waals surface area contributed by atoms with E-state index in [0.29, 0.717) is 6.54 Å². The van der Waals surface area contributed by atoms with Gasteiger partial charge in [-0.3, -0.25) is 4.99 Å². The van der Waals surface area contributed by atoms with E-state index in [9.17, 15) is 0 Å². The fourth-order valence-corrected chi connectivity index (χ4v) is 3.65. The Labute approximate surface area is 169 Å². The molecule has 0 atom stereocenters. The predicted molar refractivity (Wildman–Crippen MR) is 112 cm³/mol. The van der Waals surface area contributed by atoms with Crippen LogP contribution in [0.4, 0.5) is 0 Å². The smallest absolute Gasteiger partial charge is 0.191 e. The molecule has 0 radical (unpaired) electrons. The standard InChI is InChI=1S/C16H25N7S.HI/c1-12-10-19-15(24-12)7-8-18-16(17-2)20-11-14-22-21-13-6-4-3-5-9-23(13)14;/h10H,3-9,11H2,1-2H3,(H2,17,18,20);1H. The van der Waals surface area contributed by atoms with Gasteiger partial charge < -0.3 is 15.2 Å². The van der Waals surface area contributed by atoms with Crippen LogP contribution in [-0.2, 0) is 25.9 Å². The highest BCUT2D eigenvalue weighted by Gasteiger charge is 2.14. The van der Waals surface area contributed by atoms with E-state index in [2.05, 4.69) is 42.3 Å². The molecule has 0 saturated carbocycles. The van der Waals surface area contributed by atoms with Crippen molar-refractivity contribution in [1.29, 1.82) is 0 Å². The molecule has 2 aromatic heterocycles. The van der Waals surface area contributed by atoms with Crippen molar-refractivity contribution in [3.05, 3.63) is 27.7 Å². The number of aryl methyl sites for hydroxylation is 2. The maximum atomic E-state index is 4.38. The minimum Gasteiger partial charge on any atom is -0.356 e. The van der Waals surface area contributed by atoms with Crippen molar-refractivity contribution in [2.45, 2.75) is 52.1 Å². The summed E-state index contributed by atoms with van der Waals surface area (Å²) in [5.74, 6) is 2.89. The van der Waals surface area contributed by atoms with Crippen molar-refractivity contribution in [3.8, 4) is 0 Å². The minimum absolute atomic E-state index is 0. The molecule has 0 amide bonds. The van der Waals surface area contributed by atoms with Gasteiger partial charge >= 0.3 is 0 Å². The van der Waals surface area contributed by atoms with Gasteiger partial charge in [0, 0.05) is 44.1 Å². The maximum absolute atomic E-state index is 4.38. The average molecular weight is 475 g/mol. The van der Waals surface area contributed by atoms with Gasteiger partial charge in [0.25, 0.3) is 0 Å². The zero-order chi connectivity index (χ0) is 16.8. The van der Waals surface area contributed by atoms with Crippen molar-refractivity contribution in [1.82, 2.24) is 30.4 Å². The molecule has 0 aliphatic carbocycles. The third kappa shape index (κ3) is 5.63. The molecule has 3 rings (SSSR count). The molecule has 1 aliphatic rings. The number of hydrogen-bond donors (Lipinski definition) is 2. The number of aromatic nitrogens is 4. The van der Waals surface area contributed by atoms with Crippen molar-refractivity contribution >= 4 is 41.3 Å². The largest absolute Gasteiger partial charge is 0.356 e. The van der Waals surface area contributed by atoms with Crippen LogP contribution in [0.1, 0.15) is 40.8 Å². The summed E-state index contributed by atoms with van der Waals surface area (Å²) in [6.07, 6.45) is 7.55. The Morgan fingerprint density at radius 3 is 2.92 bits per heavy atom. The van der Waals surface area contributed by atoms with Crippen LogP contribution in [0.2, 0.25) is 0 Å². The second-order valence-corrected chi connectivity index (χ2v) is 7.28. The molecule has 138 valence electrons. The van der Waals surface area contributed by atoms with Gasteiger partial charge in [-0.05, 0) is 19.8 Å². The lowest BCUT2D eigenvalue weighted by Crippen LogP contribution is -2.38. The van der Waals surface area contributed by atoms with Gasteiger partial charge in [0.15, 0.2) is 11.8 Å². The molecule has 0 unspecified atom stereocenters. The molecule has 7 nitrogen and oxygen atoms in total. The Hall–Kier alpha value is -1.23. The van der Waals surface area contributed by atoms with Gasteiger partial charge in [0.2, 0.25) is 0 Å². The summed E-state index contributed by atoms with van der Waals surface area (Å²) in [5, 5.41) is 16.5. The molecule has 25 heavy (non-hydrogen) atoms. The maximum Gasteiger partial charge on any atom is 0.191 e. The lowest BCUT2D eigenvalue weighted by molar-refractivity contribution is 0.596. The summed E-state index contributed by atoms with van der Waals surface area (Å²) in [7, 11) is 1.78. The molecule has 2 aromatic rings. The van der Waals surface area contributed by atoms with E-state index >= 15 is 0 Å². The molecule has 1 aliphatic heterocycles. The highest BCUT2D eigenvalue weighted by Crippen LogP contribution is 2.14. The van der Waals surface area contributed by atoms with Gasteiger partial charge in [0.1, 0.15) is 5.82 Å². The van der Waals surface area contributed by atoms with E-state index in [1.807, 2.05) is 6.20 Å². The van der Waals surface area contributed by atoms with E-state index in [1.165, 1.54) is 24.1 Å². The van der Waals surface area contributed by atoms with Crippen LogP contribution < -0.4 is 10.6 Å². The number of rotatable bonds is 5. The number of nitrogens with zero attached hydrogens (tertiary/aromatic N) is 5. The van der Waals surface area contributed by atoms with E-state index < -0.39 is 0 Å². The van der Waals surface area contributed by atoms with Crippen LogP contribution in [0.5, 0.6) is 0 Å². The number of fused-ring (bicyclic) bond motifs is 1. The fraction of sp³-hybridized carbons (Fsp3) is 0.625. The first-order valence-corrected chi connectivity index (χ1v) is 9.34. The first kappa shape index (κ1) is 20.1. The molecule has 0 fully saturated rings. The van der Waals surface area contributed by atoms with E-state index in [1.54, 1.807) is 18.4 Å². The minimum atomic E-state index is 0. The highest BCUT2D eigenvalue weighted by molar-refractivity contribution is 14.0. The van der Waals surface area contributed by atoms with Crippen LogP contribution in [0.25, 0.3) is 0 Å². The molecule has 0 spiro atoms. The fourth-order valence-electron chi connectivity index (χ4n) is 2.86. The summed E-state index contributed by atoms with van der Waals surface area (Å²) in [5.41, 5.74) is 0. The number of guanidine groups is 1. The molecule has 3 heterocycles. The summed E-state index contributed by atoms with van der Waals surface area (Å²) in [4.78, 5) is 9.90. The number of halogens is 1. The van der Waals surface area contributed by atoms with E-state index in [4.69, 9.17) is 0 Å². The number of nitrogens with one attached hydrogen (secondary N) is 2. The van der Waals surface area contributed by atoms with Crippen molar-refractivity contribution in [2.24, 2.45) is 4.99 Å². The lowest BCUT2D eigenvalue weighted by Gasteiger charge is -2.12. The summed E-state index contributed by atoms with van der Waals surface area (Å²) in [6.45, 7) is 4.55. The molecule has 0 bridgehead atoms. The van der Waals surface area contributed by atoms with Crippen LogP contribution in [0.15, 0.2) is 11.2 Å². The van der Waals surface area contributed by atoms with Gasteiger partial charge in [-0.15, -0.1) is 45.5 Å². The number of aliphatic imine (C=N–C) groups is 1. The van der Waals surface area contributed by atoms with Gasteiger partial charge in [-0.25, -0.2) is 4.98 Å². The van der Waals surface area contributed by atoms with Crippen molar-refractivity contribution in [3.63, 3.8) is 0 Å². The molecule has 9 heteroatoms. The first-order chi connectivity index (χ1) is 11.8. The van der Waals surface area contributed by atoms with Crippen LogP contribution >= 0.6 is 35.3 Å². The van der Waals surface area contributed by atoms with Crippen molar-refractivity contribution < 1.29 is 0 Å². The summed E-state index contributed by atoms with van der Waals surface area (Å²) >= 11 is 1.74. The second kappa shape index (κ2) is 10.0. The first-order valence-electron chi connectivity index (χ1n) is 8.53. The Morgan fingerprint density at radius 1 is 1.28 bits per heavy atom. The number of thiazole rings is 1. The highest BCUT2D eigenvalue weighted by atomic mass is 127. The molecule has 2 N–H and O–H groups in total. The lowest BCUT2D eigenvalue weighted by atomic mass is 10.2. The molecule has 0 aromatic carbocycles. The topological polar surface area (TPSA) is 80.0 Å². The van der Waals surface area contributed by atoms with Gasteiger partial charge in [-0.1, -0.05) is 6.42 Å². The normalized spacial score (nSPS) is 14.4. The summed E-state index contributed by atoms with van der Waals surface area (Å²) in [6, 6.07) is 0. The van der Waals surface area contributed by atoms with Crippen molar-refractivity contribution in [2.75, 3.05) is 13.6 Å². The van der Waals surface area contributed by atoms with Crippen LogP contribution in [-0.4, -0.2) is 39.3 Å². The van der Waals surface area contributed by atoms with Crippen LogP contribution in [0, 0.1) is 6.92 Å². The summed E-state index contributed by atoms with van der Waals surface area (Å²) < 4.78 is 2.26. The average Bonchev–Trinajstić information content (AvgIpc) is 3.09. The monoisotopic (exact) mass is 475 g/mol. The quantitative estimate of drug-likeness (QED) is 0.394. The SMILES string of the molecule is CN=C(NCCc1ncc(C)s1)NCc1nnc2n1CCCCC2.I. The molecular formula is C16H26IN7S. The zero-order valence-electron chi connectivity index (χ0n) is 14.8. The van der Waals surface area contributed by atoms with E-state index in [-0.39, 0.29) is 24.0 Å². The Balaban J connectivity index is 0.00000225. The predicted octanol–water partition coefficient (Wildman–Crippen LogP) is 2.30. The Morgan fingerprint density at radius 2 is 2.16 bits per heavy atom. The molecule has 0 saturated heterocycles. The van der Waals surface area contributed by atoms with Gasteiger partial charge in [-0.2, -0.15) is 0 Å². The van der Waals surface area contributed by atoms with Gasteiger partial charge in [0.05, 0.1) is 11.6 Å². The molecular weight excluding hydrogens is 449 g/mol. The zero-order valence-corrected chi connectivity index (χ0v) is 17.9. The Kier molecular flexibility index (Phi) is 8.07. The number of hydrogen-bond acceptors (Lipinski definition) is 5. The second-order valence-electron chi connectivity index (χ2n) is 5.96.